The number of hydrogen-bond donors (Lipinski definition) is 1. The minimum Gasteiger partial charge on any atom is -0.394 e. The van der Waals surface area contributed by atoms with Crippen LogP contribution < -0.4 is 0 Å². The molecule has 0 aromatic heterocycles. The summed E-state index contributed by atoms with van der Waals surface area (Å²) in [6.07, 6.45) is 18.2. The summed E-state index contributed by atoms with van der Waals surface area (Å²) in [7, 11) is 0. The average molecular weight is 301 g/mol. The summed E-state index contributed by atoms with van der Waals surface area (Å²) in [4.78, 5) is 0. The summed E-state index contributed by atoms with van der Waals surface area (Å²) in [5.41, 5.74) is 0. The summed E-state index contributed by atoms with van der Waals surface area (Å²) in [5.74, 6) is 0. The molecule has 0 aliphatic heterocycles. The summed E-state index contributed by atoms with van der Waals surface area (Å²) >= 11 is 0. The average Bonchev–Trinajstić information content (AvgIpc) is 2.51. The first-order valence-corrected chi connectivity index (χ1v) is 9.57. The first kappa shape index (κ1) is 20.9. The molecular formula is C19H40O2. The first-order valence-electron chi connectivity index (χ1n) is 9.57. The van der Waals surface area contributed by atoms with Crippen LogP contribution in [0.4, 0.5) is 0 Å². The molecule has 0 amide bonds. The van der Waals surface area contributed by atoms with Crippen molar-refractivity contribution < 1.29 is 9.84 Å². The fourth-order valence-electron chi connectivity index (χ4n) is 2.69. The molecule has 0 aliphatic carbocycles. The van der Waals surface area contributed by atoms with E-state index in [0.29, 0.717) is 0 Å². The van der Waals surface area contributed by atoms with Gasteiger partial charge in [0.2, 0.25) is 0 Å². The highest BCUT2D eigenvalue weighted by molar-refractivity contribution is 4.57. The predicted octanol–water partition coefficient (Wildman–Crippen LogP) is 5.87. The van der Waals surface area contributed by atoms with Gasteiger partial charge in [0, 0.05) is 6.61 Å². The summed E-state index contributed by atoms with van der Waals surface area (Å²) in [6, 6.07) is 0. The Morgan fingerprint density at radius 2 is 1.14 bits per heavy atom. The highest BCUT2D eigenvalue weighted by Crippen LogP contribution is 2.12. The third-order valence-corrected chi connectivity index (χ3v) is 4.18. The van der Waals surface area contributed by atoms with Crippen molar-refractivity contribution in [1.29, 1.82) is 0 Å². The number of unbranched alkanes of at least 4 members (excludes halogenated alkanes) is 11. The molecule has 0 aromatic rings. The van der Waals surface area contributed by atoms with Crippen molar-refractivity contribution in [1.82, 2.24) is 0 Å². The lowest BCUT2D eigenvalue weighted by molar-refractivity contribution is 0.00498. The molecule has 21 heavy (non-hydrogen) atoms. The van der Waals surface area contributed by atoms with Crippen molar-refractivity contribution in [3.05, 3.63) is 0 Å². The van der Waals surface area contributed by atoms with Crippen LogP contribution in [0.2, 0.25) is 0 Å². The molecule has 2 nitrogen and oxygen atoms in total. The van der Waals surface area contributed by atoms with Gasteiger partial charge in [0.15, 0.2) is 0 Å². The van der Waals surface area contributed by atoms with Crippen molar-refractivity contribution in [3.63, 3.8) is 0 Å². The van der Waals surface area contributed by atoms with Gasteiger partial charge in [-0.15, -0.1) is 0 Å². The minimum atomic E-state index is 0.0799. The fourth-order valence-corrected chi connectivity index (χ4v) is 2.69. The lowest BCUT2D eigenvalue weighted by Gasteiger charge is -2.15. The summed E-state index contributed by atoms with van der Waals surface area (Å²) < 4.78 is 5.78. The van der Waals surface area contributed by atoms with Crippen LogP contribution in [0.15, 0.2) is 0 Å². The van der Waals surface area contributed by atoms with E-state index < -0.39 is 0 Å². The van der Waals surface area contributed by atoms with Crippen LogP contribution in [0.25, 0.3) is 0 Å². The second kappa shape index (κ2) is 18.0. The van der Waals surface area contributed by atoms with Gasteiger partial charge in [-0.3, -0.25) is 0 Å². The van der Waals surface area contributed by atoms with Gasteiger partial charge in [0.25, 0.3) is 0 Å². The number of rotatable bonds is 17. The standard InChI is InChI=1S/C19H40O2/c1-3-5-7-9-10-11-12-14-16-19(18-20)21-17-15-13-8-6-4-2/h19-20H,3-18H2,1-2H3. The van der Waals surface area contributed by atoms with E-state index in [1.165, 1.54) is 77.0 Å². The second-order valence-corrected chi connectivity index (χ2v) is 6.35. The van der Waals surface area contributed by atoms with E-state index in [2.05, 4.69) is 13.8 Å². The Kier molecular flexibility index (Phi) is 17.9. The van der Waals surface area contributed by atoms with Crippen molar-refractivity contribution >= 4 is 0 Å². The molecule has 0 rings (SSSR count). The van der Waals surface area contributed by atoms with E-state index in [0.717, 1.165) is 19.4 Å². The molecule has 0 aliphatic rings. The summed E-state index contributed by atoms with van der Waals surface area (Å²) in [6.45, 7) is 5.51. The Morgan fingerprint density at radius 1 is 0.667 bits per heavy atom. The molecule has 0 fully saturated rings. The Hall–Kier alpha value is -0.0800. The quantitative estimate of drug-likeness (QED) is 0.341. The van der Waals surface area contributed by atoms with Crippen molar-refractivity contribution in [3.8, 4) is 0 Å². The lowest BCUT2D eigenvalue weighted by Crippen LogP contribution is -2.18. The molecule has 0 aromatic carbocycles. The van der Waals surface area contributed by atoms with E-state index in [1.54, 1.807) is 0 Å². The third-order valence-electron chi connectivity index (χ3n) is 4.18. The Balaban J connectivity index is 3.28. The number of aliphatic hydroxyl groups is 1. The fraction of sp³-hybridized carbons (Fsp3) is 1.00. The van der Waals surface area contributed by atoms with Crippen molar-refractivity contribution in [2.45, 2.75) is 110 Å². The zero-order valence-electron chi connectivity index (χ0n) is 14.7. The lowest BCUT2D eigenvalue weighted by atomic mass is 10.1. The smallest absolute Gasteiger partial charge is 0.0805 e. The van der Waals surface area contributed by atoms with Crippen LogP contribution >= 0.6 is 0 Å². The predicted molar refractivity (Wildman–Crippen MR) is 92.8 cm³/mol. The number of aliphatic hydroxyl groups excluding tert-OH is 1. The van der Waals surface area contributed by atoms with Gasteiger partial charge in [-0.1, -0.05) is 90.9 Å². The van der Waals surface area contributed by atoms with Crippen LogP contribution in [0.5, 0.6) is 0 Å². The van der Waals surface area contributed by atoms with Gasteiger partial charge < -0.3 is 9.84 Å². The van der Waals surface area contributed by atoms with Gasteiger partial charge in [0.05, 0.1) is 12.7 Å². The zero-order chi connectivity index (χ0) is 15.6. The molecule has 0 spiro atoms. The monoisotopic (exact) mass is 300 g/mol. The first-order chi connectivity index (χ1) is 10.3. The highest BCUT2D eigenvalue weighted by atomic mass is 16.5. The van der Waals surface area contributed by atoms with Crippen LogP contribution in [0.1, 0.15) is 104 Å². The van der Waals surface area contributed by atoms with E-state index in [9.17, 15) is 5.11 Å². The molecule has 0 heterocycles. The molecule has 0 saturated heterocycles. The molecule has 1 unspecified atom stereocenters. The Morgan fingerprint density at radius 3 is 1.67 bits per heavy atom. The molecule has 0 saturated carbocycles. The molecule has 2 heteroatoms. The van der Waals surface area contributed by atoms with Crippen LogP contribution in [-0.4, -0.2) is 24.4 Å². The normalized spacial score (nSPS) is 12.7. The highest BCUT2D eigenvalue weighted by Gasteiger charge is 2.06. The second-order valence-electron chi connectivity index (χ2n) is 6.35. The van der Waals surface area contributed by atoms with Gasteiger partial charge in [-0.05, 0) is 12.8 Å². The van der Waals surface area contributed by atoms with Crippen LogP contribution in [-0.2, 0) is 4.74 Å². The molecule has 0 radical (unpaired) electrons. The number of hydrogen-bond acceptors (Lipinski definition) is 2. The van der Waals surface area contributed by atoms with Gasteiger partial charge in [0.1, 0.15) is 0 Å². The molecule has 1 N–H and O–H groups in total. The third kappa shape index (κ3) is 16.1. The number of ether oxygens (including phenoxy) is 1. The van der Waals surface area contributed by atoms with E-state index in [-0.39, 0.29) is 12.7 Å². The Labute approximate surface area is 133 Å². The molecule has 128 valence electrons. The molecular weight excluding hydrogens is 260 g/mol. The maximum Gasteiger partial charge on any atom is 0.0805 e. The Bertz CT molecular complexity index is 182. The molecule has 1 atom stereocenters. The van der Waals surface area contributed by atoms with E-state index in [1.807, 2.05) is 0 Å². The molecule has 0 bridgehead atoms. The SMILES string of the molecule is CCCCCCCCCCC(CO)OCCCCCCC. The zero-order valence-corrected chi connectivity index (χ0v) is 14.7. The minimum absolute atomic E-state index is 0.0799. The van der Waals surface area contributed by atoms with Crippen LogP contribution in [0, 0.1) is 0 Å². The van der Waals surface area contributed by atoms with Gasteiger partial charge in [-0.2, -0.15) is 0 Å². The van der Waals surface area contributed by atoms with Gasteiger partial charge >= 0.3 is 0 Å². The van der Waals surface area contributed by atoms with Crippen LogP contribution in [0.3, 0.4) is 0 Å². The largest absolute Gasteiger partial charge is 0.394 e. The van der Waals surface area contributed by atoms with Crippen molar-refractivity contribution in [2.24, 2.45) is 0 Å². The summed E-state index contributed by atoms with van der Waals surface area (Å²) in [5, 5.41) is 9.34. The topological polar surface area (TPSA) is 29.5 Å². The van der Waals surface area contributed by atoms with E-state index >= 15 is 0 Å². The van der Waals surface area contributed by atoms with Gasteiger partial charge in [-0.25, -0.2) is 0 Å². The van der Waals surface area contributed by atoms with Crippen molar-refractivity contribution in [2.75, 3.05) is 13.2 Å². The maximum absolute atomic E-state index is 9.34. The maximum atomic E-state index is 9.34. The van der Waals surface area contributed by atoms with E-state index in [4.69, 9.17) is 4.74 Å².